The largest absolute Gasteiger partial charge is 0.388 e. The van der Waals surface area contributed by atoms with Gasteiger partial charge in [0.05, 0.1) is 17.6 Å². The van der Waals surface area contributed by atoms with Crippen LogP contribution in [-0.2, 0) is 4.74 Å². The zero-order valence-corrected chi connectivity index (χ0v) is 11.3. The first-order valence-corrected chi connectivity index (χ1v) is 7.05. The summed E-state index contributed by atoms with van der Waals surface area (Å²) in [4.78, 5) is 2.21. The van der Waals surface area contributed by atoms with Gasteiger partial charge in [-0.2, -0.15) is 5.26 Å². The van der Waals surface area contributed by atoms with E-state index in [2.05, 4.69) is 11.0 Å². The number of hydrogen-bond donors (Lipinski definition) is 1. The second-order valence-corrected chi connectivity index (χ2v) is 5.84. The number of aliphatic hydroxyl groups is 1. The zero-order valence-electron chi connectivity index (χ0n) is 11.3. The highest BCUT2D eigenvalue weighted by Crippen LogP contribution is 2.30. The van der Waals surface area contributed by atoms with Crippen LogP contribution in [-0.4, -0.2) is 48.5 Å². The van der Waals surface area contributed by atoms with Gasteiger partial charge in [-0.15, -0.1) is 0 Å². The highest BCUT2D eigenvalue weighted by molar-refractivity contribution is 4.97. The maximum absolute atomic E-state index is 10.5. The van der Waals surface area contributed by atoms with E-state index in [1.165, 1.54) is 12.8 Å². The number of ether oxygens (including phenoxy) is 1. The zero-order chi connectivity index (χ0) is 13.0. The minimum atomic E-state index is -0.621. The number of nitriles is 1. The van der Waals surface area contributed by atoms with Gasteiger partial charge in [-0.05, 0) is 19.9 Å². The Labute approximate surface area is 110 Å². The van der Waals surface area contributed by atoms with Crippen LogP contribution in [0.4, 0.5) is 0 Å². The Balaban J connectivity index is 1.93. The van der Waals surface area contributed by atoms with Crippen molar-refractivity contribution in [3.05, 3.63) is 0 Å². The average molecular weight is 252 g/mol. The van der Waals surface area contributed by atoms with E-state index in [4.69, 9.17) is 4.74 Å². The molecule has 0 aromatic heterocycles. The van der Waals surface area contributed by atoms with Gasteiger partial charge in [0, 0.05) is 38.6 Å². The fourth-order valence-electron chi connectivity index (χ4n) is 3.28. The Morgan fingerprint density at radius 2 is 2.00 bits per heavy atom. The minimum absolute atomic E-state index is 0.132. The Kier molecular flexibility index (Phi) is 4.60. The molecule has 1 N–H and O–H groups in total. The summed E-state index contributed by atoms with van der Waals surface area (Å²) in [5.74, 6) is 0.132. The molecule has 1 aliphatic heterocycles. The molecule has 2 aliphatic rings. The molecule has 2 unspecified atom stereocenters. The lowest BCUT2D eigenvalue weighted by atomic mass is 9.83. The molecular weight excluding hydrogens is 228 g/mol. The minimum Gasteiger partial charge on any atom is -0.388 e. The van der Waals surface area contributed by atoms with Crippen LogP contribution in [0.25, 0.3) is 0 Å². The summed E-state index contributed by atoms with van der Waals surface area (Å²) in [6, 6.07) is 2.75. The molecule has 102 valence electrons. The van der Waals surface area contributed by atoms with Crippen molar-refractivity contribution in [2.75, 3.05) is 26.8 Å². The molecule has 1 aliphatic carbocycles. The quantitative estimate of drug-likeness (QED) is 0.828. The lowest BCUT2D eigenvalue weighted by molar-refractivity contribution is -0.0845. The third-order valence-corrected chi connectivity index (χ3v) is 4.43. The van der Waals surface area contributed by atoms with Gasteiger partial charge in [-0.25, -0.2) is 0 Å². The second-order valence-electron chi connectivity index (χ2n) is 5.84. The van der Waals surface area contributed by atoms with Gasteiger partial charge in [0.1, 0.15) is 0 Å². The van der Waals surface area contributed by atoms with Gasteiger partial charge in [0.25, 0.3) is 0 Å². The van der Waals surface area contributed by atoms with Gasteiger partial charge in [0.15, 0.2) is 0 Å². The van der Waals surface area contributed by atoms with Crippen molar-refractivity contribution < 1.29 is 9.84 Å². The molecule has 2 fully saturated rings. The Morgan fingerprint density at radius 3 is 2.67 bits per heavy atom. The maximum atomic E-state index is 10.5. The highest BCUT2D eigenvalue weighted by atomic mass is 16.5. The third kappa shape index (κ3) is 3.23. The molecule has 0 amide bonds. The molecule has 4 heteroatoms. The van der Waals surface area contributed by atoms with Crippen molar-refractivity contribution in [3.8, 4) is 6.07 Å². The molecule has 0 spiro atoms. The molecule has 0 aromatic carbocycles. The fraction of sp³-hybridized carbons (Fsp3) is 0.929. The van der Waals surface area contributed by atoms with E-state index < -0.39 is 5.60 Å². The van der Waals surface area contributed by atoms with Gasteiger partial charge < -0.3 is 9.84 Å². The summed E-state index contributed by atoms with van der Waals surface area (Å²) >= 11 is 0. The van der Waals surface area contributed by atoms with Gasteiger partial charge in [-0.1, -0.05) is 12.8 Å². The van der Waals surface area contributed by atoms with Crippen molar-refractivity contribution in [1.29, 1.82) is 5.26 Å². The SMILES string of the molecule is CN(CC1(O)CCOCC1)C1CCCCC1C#N. The first kappa shape index (κ1) is 13.8. The van der Waals surface area contributed by atoms with Crippen LogP contribution in [0.2, 0.25) is 0 Å². The van der Waals surface area contributed by atoms with E-state index in [-0.39, 0.29) is 5.92 Å². The highest BCUT2D eigenvalue weighted by Gasteiger charge is 2.35. The van der Waals surface area contributed by atoms with Crippen LogP contribution in [0, 0.1) is 17.2 Å². The van der Waals surface area contributed by atoms with Crippen LogP contribution < -0.4 is 0 Å². The molecule has 1 saturated heterocycles. The second kappa shape index (κ2) is 6.01. The lowest BCUT2D eigenvalue weighted by Gasteiger charge is -2.41. The topological polar surface area (TPSA) is 56.5 Å². The maximum Gasteiger partial charge on any atom is 0.0817 e. The summed E-state index contributed by atoms with van der Waals surface area (Å²) in [7, 11) is 2.05. The summed E-state index contributed by atoms with van der Waals surface area (Å²) in [5, 5.41) is 19.7. The molecule has 2 rings (SSSR count). The van der Waals surface area contributed by atoms with Crippen molar-refractivity contribution in [2.45, 2.75) is 50.2 Å². The summed E-state index contributed by atoms with van der Waals surface area (Å²) < 4.78 is 5.30. The molecule has 4 nitrogen and oxygen atoms in total. The molecule has 2 atom stereocenters. The molecule has 0 aromatic rings. The van der Waals surface area contributed by atoms with Gasteiger partial charge in [-0.3, -0.25) is 4.90 Å². The first-order chi connectivity index (χ1) is 8.64. The van der Waals surface area contributed by atoms with Gasteiger partial charge in [0.2, 0.25) is 0 Å². The van der Waals surface area contributed by atoms with E-state index in [0.717, 1.165) is 12.8 Å². The van der Waals surface area contributed by atoms with Crippen molar-refractivity contribution in [2.24, 2.45) is 5.92 Å². The molecule has 18 heavy (non-hydrogen) atoms. The fourth-order valence-corrected chi connectivity index (χ4v) is 3.28. The number of rotatable bonds is 3. The number of likely N-dealkylation sites (N-methyl/N-ethyl adjacent to an activating group) is 1. The Morgan fingerprint density at radius 1 is 1.33 bits per heavy atom. The molecule has 1 saturated carbocycles. The van der Waals surface area contributed by atoms with Crippen LogP contribution in [0.15, 0.2) is 0 Å². The van der Waals surface area contributed by atoms with Crippen LogP contribution in [0.5, 0.6) is 0 Å². The standard InChI is InChI=1S/C14H24N2O2/c1-16(11-14(17)6-8-18-9-7-14)13-5-3-2-4-12(13)10-15/h12-13,17H,2-9,11H2,1H3. The smallest absolute Gasteiger partial charge is 0.0817 e. The summed E-state index contributed by atoms with van der Waals surface area (Å²) in [6.07, 6.45) is 5.88. The number of nitrogens with zero attached hydrogens (tertiary/aromatic N) is 2. The monoisotopic (exact) mass is 252 g/mol. The van der Waals surface area contributed by atoms with E-state index in [1.807, 2.05) is 7.05 Å². The normalized spacial score (nSPS) is 32.1. The number of hydrogen-bond acceptors (Lipinski definition) is 4. The van der Waals surface area contributed by atoms with E-state index in [0.29, 0.717) is 38.6 Å². The summed E-state index contributed by atoms with van der Waals surface area (Å²) in [5.41, 5.74) is -0.621. The van der Waals surface area contributed by atoms with Crippen LogP contribution >= 0.6 is 0 Å². The Bertz CT molecular complexity index is 307. The predicted molar refractivity (Wildman–Crippen MR) is 69.0 cm³/mol. The van der Waals surface area contributed by atoms with Crippen LogP contribution in [0.1, 0.15) is 38.5 Å². The Hall–Kier alpha value is -0.630. The van der Waals surface area contributed by atoms with Crippen LogP contribution in [0.3, 0.4) is 0 Å². The third-order valence-electron chi connectivity index (χ3n) is 4.43. The van der Waals surface area contributed by atoms with Crippen molar-refractivity contribution >= 4 is 0 Å². The molecule has 1 heterocycles. The van der Waals surface area contributed by atoms with E-state index in [9.17, 15) is 10.4 Å². The lowest BCUT2D eigenvalue weighted by Crippen LogP contribution is -2.50. The predicted octanol–water partition coefficient (Wildman–Crippen LogP) is 1.54. The van der Waals surface area contributed by atoms with Gasteiger partial charge >= 0.3 is 0 Å². The molecular formula is C14H24N2O2. The van der Waals surface area contributed by atoms with E-state index >= 15 is 0 Å². The summed E-state index contributed by atoms with van der Waals surface area (Å²) in [6.45, 7) is 1.96. The average Bonchev–Trinajstić information content (AvgIpc) is 2.39. The first-order valence-electron chi connectivity index (χ1n) is 7.05. The van der Waals surface area contributed by atoms with Crippen molar-refractivity contribution in [1.82, 2.24) is 4.90 Å². The van der Waals surface area contributed by atoms with E-state index in [1.54, 1.807) is 0 Å². The molecule has 0 radical (unpaired) electrons. The van der Waals surface area contributed by atoms with Crippen molar-refractivity contribution in [3.63, 3.8) is 0 Å². The molecule has 0 bridgehead atoms.